The second kappa shape index (κ2) is 6.64. The van der Waals surface area contributed by atoms with Gasteiger partial charge in [-0.25, -0.2) is 0 Å². The lowest BCUT2D eigenvalue weighted by molar-refractivity contribution is -0.138. The third-order valence-corrected chi connectivity index (χ3v) is 4.23. The van der Waals surface area contributed by atoms with Gasteiger partial charge in [0, 0.05) is 18.7 Å². The minimum atomic E-state index is 0.0338. The summed E-state index contributed by atoms with van der Waals surface area (Å²) < 4.78 is 7.69. The van der Waals surface area contributed by atoms with Crippen LogP contribution in [0.2, 0.25) is 0 Å². The summed E-state index contributed by atoms with van der Waals surface area (Å²) in [5.41, 5.74) is 2.08. The number of aromatic amines is 1. The highest BCUT2D eigenvalue weighted by atomic mass is 32.1. The lowest BCUT2D eigenvalue weighted by Gasteiger charge is -2.31. The standard InChI is InChI=1S/C16H20N4O2S/c1-11-4-3-5-13(8-11)15-17-18-16(23)20(15)10-14(21)19-6-7-22-12(2)9-19/h3-5,8,12H,6-7,9-10H2,1-2H3,(H,18,23). The molecule has 1 N–H and O–H groups in total. The van der Waals surface area contributed by atoms with E-state index < -0.39 is 0 Å². The van der Waals surface area contributed by atoms with Crippen molar-refractivity contribution in [3.8, 4) is 11.4 Å². The van der Waals surface area contributed by atoms with Crippen LogP contribution in [0, 0.1) is 11.7 Å². The van der Waals surface area contributed by atoms with Crippen molar-refractivity contribution < 1.29 is 9.53 Å². The number of nitrogens with zero attached hydrogens (tertiary/aromatic N) is 3. The third-order valence-electron chi connectivity index (χ3n) is 3.92. The van der Waals surface area contributed by atoms with Gasteiger partial charge >= 0.3 is 0 Å². The molecular weight excluding hydrogens is 312 g/mol. The summed E-state index contributed by atoms with van der Waals surface area (Å²) in [7, 11) is 0. The SMILES string of the molecule is Cc1cccc(-c2n[nH]c(=S)n2CC(=O)N2CCOC(C)C2)c1. The Kier molecular flexibility index (Phi) is 4.58. The fourth-order valence-electron chi connectivity index (χ4n) is 2.75. The van der Waals surface area contributed by atoms with E-state index in [-0.39, 0.29) is 18.6 Å². The van der Waals surface area contributed by atoms with Crippen LogP contribution in [0.3, 0.4) is 0 Å². The Balaban J connectivity index is 1.84. The number of aryl methyl sites for hydroxylation is 1. The van der Waals surface area contributed by atoms with Crippen LogP contribution in [0.5, 0.6) is 0 Å². The highest BCUT2D eigenvalue weighted by molar-refractivity contribution is 7.71. The fourth-order valence-corrected chi connectivity index (χ4v) is 2.95. The van der Waals surface area contributed by atoms with Gasteiger partial charge in [-0.1, -0.05) is 23.8 Å². The molecule has 2 heterocycles. The van der Waals surface area contributed by atoms with Gasteiger partial charge in [-0.2, -0.15) is 5.10 Å². The second-order valence-corrected chi connectivity index (χ2v) is 6.22. The maximum Gasteiger partial charge on any atom is 0.242 e. The van der Waals surface area contributed by atoms with Crippen molar-refractivity contribution in [2.24, 2.45) is 0 Å². The lowest BCUT2D eigenvalue weighted by Crippen LogP contribution is -2.45. The highest BCUT2D eigenvalue weighted by Crippen LogP contribution is 2.19. The zero-order chi connectivity index (χ0) is 16.4. The van der Waals surface area contributed by atoms with Crippen LogP contribution in [-0.4, -0.2) is 51.4 Å². The van der Waals surface area contributed by atoms with Gasteiger partial charge < -0.3 is 9.64 Å². The second-order valence-electron chi connectivity index (χ2n) is 5.83. The van der Waals surface area contributed by atoms with E-state index in [1.54, 1.807) is 4.57 Å². The minimum absolute atomic E-state index is 0.0338. The van der Waals surface area contributed by atoms with Crippen LogP contribution in [-0.2, 0) is 16.1 Å². The zero-order valence-electron chi connectivity index (χ0n) is 13.3. The van der Waals surface area contributed by atoms with Gasteiger partial charge in [-0.15, -0.1) is 0 Å². The molecule has 1 saturated heterocycles. The number of hydrogen-bond donors (Lipinski definition) is 1. The topological polar surface area (TPSA) is 63.2 Å². The number of ether oxygens (including phenoxy) is 1. The summed E-state index contributed by atoms with van der Waals surface area (Å²) in [4.78, 5) is 14.4. The molecule has 1 aromatic heterocycles. The van der Waals surface area contributed by atoms with Crippen LogP contribution in [0.15, 0.2) is 24.3 Å². The number of amides is 1. The molecule has 1 aliphatic heterocycles. The molecule has 0 bridgehead atoms. The highest BCUT2D eigenvalue weighted by Gasteiger charge is 2.22. The van der Waals surface area contributed by atoms with Crippen molar-refractivity contribution in [1.29, 1.82) is 0 Å². The van der Waals surface area contributed by atoms with E-state index in [9.17, 15) is 4.79 Å². The Hall–Kier alpha value is -1.99. The molecule has 3 rings (SSSR count). The number of nitrogens with one attached hydrogen (secondary N) is 1. The first-order valence-electron chi connectivity index (χ1n) is 7.66. The van der Waals surface area contributed by atoms with E-state index in [4.69, 9.17) is 17.0 Å². The summed E-state index contributed by atoms with van der Waals surface area (Å²) in [6.07, 6.45) is 0.0706. The van der Waals surface area contributed by atoms with Crippen LogP contribution < -0.4 is 0 Å². The predicted molar refractivity (Wildman–Crippen MR) is 89.6 cm³/mol. The number of aromatic nitrogens is 3. The van der Waals surface area contributed by atoms with Crippen molar-refractivity contribution >= 4 is 18.1 Å². The Morgan fingerprint density at radius 3 is 3.09 bits per heavy atom. The Morgan fingerprint density at radius 1 is 1.52 bits per heavy atom. The van der Waals surface area contributed by atoms with Gasteiger partial charge in [0.15, 0.2) is 10.6 Å². The van der Waals surface area contributed by atoms with Crippen molar-refractivity contribution in [3.63, 3.8) is 0 Å². The van der Waals surface area contributed by atoms with E-state index in [2.05, 4.69) is 10.2 Å². The first kappa shape index (κ1) is 15.9. The molecule has 1 unspecified atom stereocenters. The van der Waals surface area contributed by atoms with Crippen molar-refractivity contribution in [2.75, 3.05) is 19.7 Å². The first-order chi connectivity index (χ1) is 11.0. The molecule has 1 aliphatic rings. The van der Waals surface area contributed by atoms with E-state index in [1.165, 1.54) is 0 Å². The molecule has 0 saturated carbocycles. The van der Waals surface area contributed by atoms with Crippen LogP contribution in [0.25, 0.3) is 11.4 Å². The number of benzene rings is 1. The molecule has 122 valence electrons. The smallest absolute Gasteiger partial charge is 0.242 e. The lowest BCUT2D eigenvalue weighted by atomic mass is 10.1. The molecule has 1 amide bonds. The summed E-state index contributed by atoms with van der Waals surface area (Å²) in [5.74, 6) is 0.722. The molecule has 23 heavy (non-hydrogen) atoms. The molecule has 0 aliphatic carbocycles. The monoisotopic (exact) mass is 332 g/mol. The summed E-state index contributed by atoms with van der Waals surface area (Å²) in [6, 6.07) is 7.99. The maximum absolute atomic E-state index is 12.6. The average Bonchev–Trinajstić information content (AvgIpc) is 2.88. The number of carbonyl (C=O) groups excluding carboxylic acids is 1. The third kappa shape index (κ3) is 3.51. The zero-order valence-corrected chi connectivity index (χ0v) is 14.1. The molecule has 7 heteroatoms. The number of carbonyl (C=O) groups is 1. The van der Waals surface area contributed by atoms with Crippen molar-refractivity contribution in [2.45, 2.75) is 26.5 Å². The van der Waals surface area contributed by atoms with E-state index >= 15 is 0 Å². The number of rotatable bonds is 3. The van der Waals surface area contributed by atoms with E-state index in [0.29, 0.717) is 30.3 Å². The van der Waals surface area contributed by atoms with E-state index in [1.807, 2.05) is 43.0 Å². The molecule has 1 fully saturated rings. The Bertz CT molecular complexity index is 767. The summed E-state index contributed by atoms with van der Waals surface area (Å²) in [5, 5.41) is 7.08. The van der Waals surface area contributed by atoms with Gasteiger partial charge in [0.2, 0.25) is 5.91 Å². The van der Waals surface area contributed by atoms with Gasteiger partial charge in [-0.3, -0.25) is 14.5 Å². The summed E-state index contributed by atoms with van der Waals surface area (Å²) >= 11 is 5.30. The van der Waals surface area contributed by atoms with Crippen LogP contribution in [0.4, 0.5) is 0 Å². The molecule has 2 aromatic rings. The van der Waals surface area contributed by atoms with Gasteiger partial charge in [-0.05, 0) is 32.1 Å². The fraction of sp³-hybridized carbons (Fsp3) is 0.438. The quantitative estimate of drug-likeness (QED) is 0.875. The van der Waals surface area contributed by atoms with Gasteiger partial charge in [0.25, 0.3) is 0 Å². The molecule has 0 spiro atoms. The van der Waals surface area contributed by atoms with Crippen LogP contribution >= 0.6 is 12.2 Å². The van der Waals surface area contributed by atoms with Gasteiger partial charge in [0.1, 0.15) is 6.54 Å². The molecule has 6 nitrogen and oxygen atoms in total. The normalized spacial score (nSPS) is 18.2. The molecule has 0 radical (unpaired) electrons. The van der Waals surface area contributed by atoms with E-state index in [0.717, 1.165) is 11.1 Å². The summed E-state index contributed by atoms with van der Waals surface area (Å²) in [6.45, 7) is 5.99. The van der Waals surface area contributed by atoms with Crippen molar-refractivity contribution in [3.05, 3.63) is 34.6 Å². The molecular formula is C16H20N4O2S. The van der Waals surface area contributed by atoms with Crippen molar-refractivity contribution in [1.82, 2.24) is 19.7 Å². The minimum Gasteiger partial charge on any atom is -0.375 e. The number of morpholine rings is 1. The first-order valence-corrected chi connectivity index (χ1v) is 8.07. The molecule has 1 atom stereocenters. The molecule has 1 aromatic carbocycles. The largest absolute Gasteiger partial charge is 0.375 e. The Morgan fingerprint density at radius 2 is 2.35 bits per heavy atom. The average molecular weight is 332 g/mol. The van der Waals surface area contributed by atoms with Crippen LogP contribution in [0.1, 0.15) is 12.5 Å². The Labute approximate surface area is 140 Å². The van der Waals surface area contributed by atoms with Gasteiger partial charge in [0.05, 0.1) is 12.7 Å². The maximum atomic E-state index is 12.6. The number of hydrogen-bond acceptors (Lipinski definition) is 4. The predicted octanol–water partition coefficient (Wildman–Crippen LogP) is 2.16. The number of H-pyrrole nitrogens is 1.